The van der Waals surface area contributed by atoms with Crippen molar-refractivity contribution in [1.82, 2.24) is 20.0 Å². The zero-order chi connectivity index (χ0) is 19.5. The van der Waals surface area contributed by atoms with Crippen molar-refractivity contribution in [2.24, 2.45) is 0 Å². The van der Waals surface area contributed by atoms with Gasteiger partial charge in [-0.05, 0) is 23.8 Å². The van der Waals surface area contributed by atoms with Gasteiger partial charge in [0.15, 0.2) is 11.5 Å². The lowest BCUT2D eigenvalue weighted by atomic mass is 10.1. The third kappa shape index (κ3) is 3.23. The Bertz CT molecular complexity index is 1180. The van der Waals surface area contributed by atoms with E-state index >= 15 is 0 Å². The number of benzene rings is 2. The molecule has 138 valence electrons. The van der Waals surface area contributed by atoms with Gasteiger partial charge in [-0.15, -0.1) is 0 Å². The van der Waals surface area contributed by atoms with Crippen molar-refractivity contribution in [3.63, 3.8) is 0 Å². The molecule has 4 aromatic rings. The normalized spacial score (nSPS) is 10.6. The van der Waals surface area contributed by atoms with Gasteiger partial charge in [-0.2, -0.15) is 20.6 Å². The maximum absolute atomic E-state index is 8.91. The number of methoxy groups -OCH3 is 2. The Morgan fingerprint density at radius 3 is 2.50 bits per heavy atom. The molecule has 2 aromatic heterocycles. The number of rotatable bonds is 5. The fraction of sp³-hybridized carbons (Fsp3) is 0.143. The molecule has 0 spiro atoms. The topological polar surface area (TPSA) is 85.9 Å². The molecule has 0 saturated carbocycles. The van der Waals surface area contributed by atoms with Crippen molar-refractivity contribution in [3.8, 4) is 28.7 Å². The smallest absolute Gasteiger partial charge is 0.162 e. The summed E-state index contributed by atoms with van der Waals surface area (Å²) in [6.45, 7) is 0.610. The molecule has 0 fully saturated rings. The maximum atomic E-state index is 8.91. The number of hydrogen-bond acceptors (Lipinski definition) is 6. The molecule has 0 amide bonds. The summed E-state index contributed by atoms with van der Waals surface area (Å²) >= 11 is 0. The van der Waals surface area contributed by atoms with Crippen LogP contribution in [-0.2, 0) is 6.54 Å². The summed E-state index contributed by atoms with van der Waals surface area (Å²) in [5.41, 5.74) is 4.27. The molecular weight excluding hydrogens is 354 g/mol. The largest absolute Gasteiger partial charge is 0.493 e. The summed E-state index contributed by atoms with van der Waals surface area (Å²) in [5, 5.41) is 22.6. The van der Waals surface area contributed by atoms with Crippen LogP contribution in [0.5, 0.6) is 11.5 Å². The predicted molar refractivity (Wildman–Crippen MR) is 104 cm³/mol. The van der Waals surface area contributed by atoms with Crippen LogP contribution in [0.4, 0.5) is 0 Å². The fourth-order valence-corrected chi connectivity index (χ4v) is 3.08. The van der Waals surface area contributed by atoms with Crippen LogP contribution in [0.3, 0.4) is 0 Å². The highest BCUT2D eigenvalue weighted by Crippen LogP contribution is 2.35. The van der Waals surface area contributed by atoms with E-state index in [-0.39, 0.29) is 0 Å². The van der Waals surface area contributed by atoms with Gasteiger partial charge in [-0.1, -0.05) is 12.1 Å². The highest BCUT2D eigenvalue weighted by molar-refractivity contribution is 5.95. The van der Waals surface area contributed by atoms with Gasteiger partial charge in [-0.25, -0.2) is 0 Å². The van der Waals surface area contributed by atoms with Crippen LogP contribution in [0.2, 0.25) is 0 Å². The van der Waals surface area contributed by atoms with Crippen molar-refractivity contribution >= 4 is 10.9 Å². The molecule has 0 aliphatic carbocycles. The molecule has 0 N–H and O–H groups in total. The predicted octanol–water partition coefficient (Wildman–Crippen LogP) is 3.43. The Morgan fingerprint density at radius 1 is 1.04 bits per heavy atom. The summed E-state index contributed by atoms with van der Waals surface area (Å²) in [4.78, 5) is 0. The first-order valence-electron chi connectivity index (χ1n) is 8.61. The van der Waals surface area contributed by atoms with Crippen LogP contribution >= 0.6 is 0 Å². The summed E-state index contributed by atoms with van der Waals surface area (Å²) < 4.78 is 12.6. The summed E-state index contributed by atoms with van der Waals surface area (Å²) in [7, 11) is 3.20. The van der Waals surface area contributed by atoms with E-state index in [4.69, 9.17) is 14.7 Å². The van der Waals surface area contributed by atoms with Gasteiger partial charge < -0.3 is 9.47 Å². The van der Waals surface area contributed by atoms with Crippen LogP contribution in [0.15, 0.2) is 55.0 Å². The molecule has 0 saturated heterocycles. The molecule has 28 heavy (non-hydrogen) atoms. The average molecular weight is 371 g/mol. The second-order valence-electron chi connectivity index (χ2n) is 6.22. The number of nitrogens with zero attached hydrogens (tertiary/aromatic N) is 5. The molecule has 2 heterocycles. The van der Waals surface area contributed by atoms with Gasteiger partial charge in [0.25, 0.3) is 0 Å². The fourth-order valence-electron chi connectivity index (χ4n) is 3.08. The molecular formula is C21H17N5O2. The Balaban J connectivity index is 1.69. The third-order valence-corrected chi connectivity index (χ3v) is 4.52. The van der Waals surface area contributed by atoms with E-state index in [0.29, 0.717) is 23.6 Å². The molecule has 0 bridgehead atoms. The van der Waals surface area contributed by atoms with Crippen LogP contribution in [0.25, 0.3) is 22.0 Å². The highest BCUT2D eigenvalue weighted by Gasteiger charge is 2.13. The first kappa shape index (κ1) is 17.5. The van der Waals surface area contributed by atoms with E-state index in [2.05, 4.69) is 21.4 Å². The van der Waals surface area contributed by atoms with Crippen LogP contribution in [-0.4, -0.2) is 34.2 Å². The lowest BCUT2D eigenvalue weighted by molar-refractivity contribution is 0.356. The van der Waals surface area contributed by atoms with E-state index in [1.165, 1.54) is 0 Å². The number of ether oxygens (including phenoxy) is 2. The minimum atomic E-state index is 0.609. The molecule has 0 aliphatic rings. The van der Waals surface area contributed by atoms with Crippen molar-refractivity contribution in [1.29, 1.82) is 5.26 Å². The third-order valence-electron chi connectivity index (χ3n) is 4.52. The van der Waals surface area contributed by atoms with Crippen LogP contribution in [0.1, 0.15) is 11.1 Å². The zero-order valence-corrected chi connectivity index (χ0v) is 15.5. The summed E-state index contributed by atoms with van der Waals surface area (Å²) in [6, 6.07) is 13.3. The molecule has 0 aliphatic heterocycles. The Hall–Kier alpha value is -3.92. The Morgan fingerprint density at radius 2 is 1.79 bits per heavy atom. The van der Waals surface area contributed by atoms with E-state index in [0.717, 1.165) is 27.6 Å². The minimum absolute atomic E-state index is 0.609. The molecule has 0 atom stereocenters. The summed E-state index contributed by atoms with van der Waals surface area (Å²) in [6.07, 6.45) is 5.49. The standard InChI is InChI=1S/C21H17N5O2/c1-27-20-7-17-18(11-23-25-19(17)8-21(20)28-2)16-10-24-26(13-16)12-15-5-3-14(9-22)4-6-15/h3-8,10-11,13H,12H2,1-2H3. The Kier molecular flexibility index (Phi) is 4.60. The van der Waals surface area contributed by atoms with E-state index < -0.39 is 0 Å². The SMILES string of the molecule is COc1cc2nncc(-c3cnn(Cc4ccc(C#N)cc4)c3)c2cc1OC. The van der Waals surface area contributed by atoms with E-state index in [9.17, 15) is 0 Å². The van der Waals surface area contributed by atoms with Crippen molar-refractivity contribution in [3.05, 3.63) is 66.1 Å². The lowest BCUT2D eigenvalue weighted by Crippen LogP contribution is -1.99. The number of nitriles is 1. The zero-order valence-electron chi connectivity index (χ0n) is 15.5. The minimum Gasteiger partial charge on any atom is -0.493 e. The van der Waals surface area contributed by atoms with Gasteiger partial charge in [0.05, 0.1) is 50.3 Å². The first-order valence-corrected chi connectivity index (χ1v) is 8.61. The van der Waals surface area contributed by atoms with Gasteiger partial charge in [-0.3, -0.25) is 4.68 Å². The molecule has 0 radical (unpaired) electrons. The number of fused-ring (bicyclic) bond motifs is 1. The molecule has 4 rings (SSSR count). The van der Waals surface area contributed by atoms with Crippen molar-refractivity contribution in [2.75, 3.05) is 14.2 Å². The lowest BCUT2D eigenvalue weighted by Gasteiger charge is -2.10. The number of hydrogen-bond donors (Lipinski definition) is 0. The quantitative estimate of drug-likeness (QED) is 0.534. The maximum Gasteiger partial charge on any atom is 0.162 e. The van der Waals surface area contributed by atoms with Crippen molar-refractivity contribution in [2.45, 2.75) is 6.54 Å². The van der Waals surface area contributed by atoms with E-state index in [1.807, 2.05) is 35.1 Å². The van der Waals surface area contributed by atoms with Crippen molar-refractivity contribution < 1.29 is 9.47 Å². The highest BCUT2D eigenvalue weighted by atomic mass is 16.5. The molecule has 7 heteroatoms. The monoisotopic (exact) mass is 371 g/mol. The molecule has 0 unspecified atom stereocenters. The first-order chi connectivity index (χ1) is 13.7. The average Bonchev–Trinajstić information content (AvgIpc) is 3.21. The molecule has 2 aromatic carbocycles. The van der Waals surface area contributed by atoms with Gasteiger partial charge in [0.2, 0.25) is 0 Å². The van der Waals surface area contributed by atoms with Gasteiger partial charge >= 0.3 is 0 Å². The van der Waals surface area contributed by atoms with Gasteiger partial charge in [0, 0.05) is 28.8 Å². The van der Waals surface area contributed by atoms with Crippen LogP contribution in [0, 0.1) is 11.3 Å². The van der Waals surface area contributed by atoms with Gasteiger partial charge in [0.1, 0.15) is 0 Å². The second-order valence-corrected chi connectivity index (χ2v) is 6.22. The molecule has 7 nitrogen and oxygen atoms in total. The summed E-state index contributed by atoms with van der Waals surface area (Å²) in [5.74, 6) is 1.24. The number of aromatic nitrogens is 4. The second kappa shape index (κ2) is 7.37. The van der Waals surface area contributed by atoms with E-state index in [1.54, 1.807) is 38.7 Å². The van der Waals surface area contributed by atoms with Crippen LogP contribution < -0.4 is 9.47 Å². The Labute approximate surface area is 161 Å².